The third kappa shape index (κ3) is 5.43. The highest BCUT2D eigenvalue weighted by molar-refractivity contribution is 7.89. The molecule has 31 heavy (non-hydrogen) atoms. The van der Waals surface area contributed by atoms with Crippen molar-refractivity contribution in [3.63, 3.8) is 0 Å². The number of sulfonamides is 1. The van der Waals surface area contributed by atoms with Crippen molar-refractivity contribution >= 4 is 38.9 Å². The van der Waals surface area contributed by atoms with Crippen LogP contribution in [0.1, 0.15) is 13.8 Å². The molecule has 1 aromatic heterocycles. The van der Waals surface area contributed by atoms with E-state index < -0.39 is 10.0 Å². The number of rotatable bonds is 9. The fraction of sp³-hybridized carbons (Fsp3) is 0.238. The fourth-order valence-electron chi connectivity index (χ4n) is 3.05. The van der Waals surface area contributed by atoms with Crippen molar-refractivity contribution in [2.24, 2.45) is 0 Å². The van der Waals surface area contributed by atoms with Gasteiger partial charge in [0.25, 0.3) is 0 Å². The van der Waals surface area contributed by atoms with Crippen molar-refractivity contribution in [2.75, 3.05) is 30.3 Å². The number of nitrogens with one attached hydrogen (secondary N) is 2. The number of amides is 1. The van der Waals surface area contributed by atoms with Gasteiger partial charge in [-0.1, -0.05) is 31.5 Å². The maximum atomic E-state index is 12.7. The Morgan fingerprint density at radius 2 is 1.87 bits per heavy atom. The Balaban J connectivity index is 1.63. The highest BCUT2D eigenvalue weighted by Gasteiger charge is 2.21. The van der Waals surface area contributed by atoms with E-state index in [1.54, 1.807) is 67.3 Å². The van der Waals surface area contributed by atoms with Crippen LogP contribution in [0, 0.1) is 0 Å². The zero-order valence-electron chi connectivity index (χ0n) is 17.2. The minimum atomic E-state index is -3.60. The van der Waals surface area contributed by atoms with E-state index in [1.807, 2.05) is 0 Å². The lowest BCUT2D eigenvalue weighted by molar-refractivity contribution is -0.114. The van der Waals surface area contributed by atoms with E-state index in [0.717, 1.165) is 5.69 Å². The van der Waals surface area contributed by atoms with E-state index in [4.69, 9.17) is 11.6 Å². The van der Waals surface area contributed by atoms with Crippen molar-refractivity contribution < 1.29 is 13.2 Å². The molecule has 0 saturated carbocycles. The molecule has 0 atom stereocenters. The van der Waals surface area contributed by atoms with Gasteiger partial charge >= 0.3 is 0 Å². The van der Waals surface area contributed by atoms with Crippen molar-refractivity contribution in [2.45, 2.75) is 18.7 Å². The van der Waals surface area contributed by atoms with Crippen molar-refractivity contribution in [1.82, 2.24) is 14.1 Å². The fourth-order valence-corrected chi connectivity index (χ4v) is 4.82. The number of anilines is 2. The van der Waals surface area contributed by atoms with E-state index in [9.17, 15) is 13.2 Å². The Bertz CT molecular complexity index is 1150. The highest BCUT2D eigenvalue weighted by atomic mass is 35.5. The predicted molar refractivity (Wildman–Crippen MR) is 122 cm³/mol. The minimum Gasteiger partial charge on any atom is -0.376 e. The van der Waals surface area contributed by atoms with Gasteiger partial charge in [-0.25, -0.2) is 13.1 Å². The lowest BCUT2D eigenvalue weighted by Crippen LogP contribution is -2.30. The molecule has 0 radical (unpaired) electrons. The summed E-state index contributed by atoms with van der Waals surface area (Å²) in [4.78, 5) is 12.5. The molecule has 164 valence electrons. The van der Waals surface area contributed by atoms with Crippen LogP contribution in [0.25, 0.3) is 5.69 Å². The molecule has 2 N–H and O–H groups in total. The third-order valence-corrected chi connectivity index (χ3v) is 6.96. The number of hydrogen-bond acceptors (Lipinski definition) is 5. The molecule has 0 bridgehead atoms. The summed E-state index contributed by atoms with van der Waals surface area (Å²) in [6.07, 6.45) is 3.45. The SMILES string of the molecule is CCN(CC)S(=O)(=O)c1cccc(NC(=O)CNc2ccc(-n3cccn3)c(Cl)c2)c1. The van der Waals surface area contributed by atoms with E-state index in [2.05, 4.69) is 15.7 Å². The quantitative estimate of drug-likeness (QED) is 0.507. The summed E-state index contributed by atoms with van der Waals surface area (Å²) in [7, 11) is -3.60. The summed E-state index contributed by atoms with van der Waals surface area (Å²) in [6.45, 7) is 4.31. The number of benzene rings is 2. The Hall–Kier alpha value is -2.88. The third-order valence-electron chi connectivity index (χ3n) is 4.61. The molecule has 1 amide bonds. The Morgan fingerprint density at radius 1 is 1.10 bits per heavy atom. The topological polar surface area (TPSA) is 96.3 Å². The van der Waals surface area contributed by atoms with Crippen molar-refractivity contribution in [1.29, 1.82) is 0 Å². The maximum Gasteiger partial charge on any atom is 0.243 e. The molecule has 3 rings (SSSR count). The molecule has 8 nitrogen and oxygen atoms in total. The lowest BCUT2D eigenvalue weighted by Gasteiger charge is -2.19. The summed E-state index contributed by atoms with van der Waals surface area (Å²) in [5.41, 5.74) is 1.81. The number of halogens is 1. The summed E-state index contributed by atoms with van der Waals surface area (Å²) >= 11 is 6.31. The van der Waals surface area contributed by atoms with Gasteiger partial charge in [-0.05, 0) is 42.5 Å². The largest absolute Gasteiger partial charge is 0.376 e. The van der Waals surface area contributed by atoms with Gasteiger partial charge in [-0.15, -0.1) is 0 Å². The van der Waals surface area contributed by atoms with Gasteiger partial charge in [0, 0.05) is 36.9 Å². The maximum absolute atomic E-state index is 12.7. The van der Waals surface area contributed by atoms with Gasteiger partial charge in [0.15, 0.2) is 0 Å². The van der Waals surface area contributed by atoms with E-state index in [-0.39, 0.29) is 17.3 Å². The first kappa shape index (κ1) is 22.8. The summed E-state index contributed by atoms with van der Waals surface area (Å²) < 4.78 is 28.4. The molecule has 0 fully saturated rings. The van der Waals surface area contributed by atoms with E-state index in [0.29, 0.717) is 29.5 Å². The van der Waals surface area contributed by atoms with Crippen molar-refractivity contribution in [3.05, 3.63) is 65.9 Å². The summed E-state index contributed by atoms with van der Waals surface area (Å²) in [6, 6.07) is 13.3. The smallest absolute Gasteiger partial charge is 0.243 e. The van der Waals surface area contributed by atoms with Crippen LogP contribution in [0.4, 0.5) is 11.4 Å². The molecular formula is C21H24ClN5O3S. The van der Waals surface area contributed by atoms with Crippen LogP contribution in [-0.4, -0.2) is 48.0 Å². The second kappa shape index (κ2) is 9.95. The van der Waals surface area contributed by atoms with Crippen LogP contribution in [-0.2, 0) is 14.8 Å². The van der Waals surface area contributed by atoms with Crippen LogP contribution < -0.4 is 10.6 Å². The van der Waals surface area contributed by atoms with Crippen LogP contribution in [0.5, 0.6) is 0 Å². The molecule has 0 spiro atoms. The molecule has 3 aromatic rings. The molecule has 2 aromatic carbocycles. The Kier molecular flexibility index (Phi) is 7.32. The number of nitrogens with zero attached hydrogens (tertiary/aromatic N) is 3. The van der Waals surface area contributed by atoms with Gasteiger partial charge in [-0.3, -0.25) is 4.79 Å². The van der Waals surface area contributed by atoms with Gasteiger partial charge in [0.2, 0.25) is 15.9 Å². The van der Waals surface area contributed by atoms with Crippen LogP contribution in [0.3, 0.4) is 0 Å². The molecule has 0 aliphatic carbocycles. The molecule has 0 aliphatic heterocycles. The van der Waals surface area contributed by atoms with Gasteiger partial charge in [0.05, 0.1) is 22.2 Å². The van der Waals surface area contributed by atoms with Crippen LogP contribution in [0.2, 0.25) is 5.02 Å². The predicted octanol–water partition coefficient (Wildman–Crippen LogP) is 3.61. The minimum absolute atomic E-state index is 0.00946. The van der Waals surface area contributed by atoms with Crippen LogP contribution >= 0.6 is 11.6 Å². The summed E-state index contributed by atoms with van der Waals surface area (Å²) in [5.74, 6) is -0.315. The van der Waals surface area contributed by atoms with Gasteiger partial charge in [-0.2, -0.15) is 9.40 Å². The van der Waals surface area contributed by atoms with E-state index >= 15 is 0 Å². The number of hydrogen-bond donors (Lipinski definition) is 2. The molecule has 1 heterocycles. The monoisotopic (exact) mass is 461 g/mol. The second-order valence-electron chi connectivity index (χ2n) is 6.64. The lowest BCUT2D eigenvalue weighted by atomic mass is 10.2. The molecule has 10 heteroatoms. The first-order valence-electron chi connectivity index (χ1n) is 9.78. The molecule has 0 unspecified atom stereocenters. The first-order chi connectivity index (χ1) is 14.8. The number of aromatic nitrogens is 2. The number of carbonyl (C=O) groups is 1. The molecular weight excluding hydrogens is 438 g/mol. The van der Waals surface area contributed by atoms with Gasteiger partial charge < -0.3 is 10.6 Å². The number of carbonyl (C=O) groups excluding carboxylic acids is 1. The van der Waals surface area contributed by atoms with Crippen LogP contribution in [0.15, 0.2) is 65.8 Å². The summed E-state index contributed by atoms with van der Waals surface area (Å²) in [5, 5.41) is 10.4. The first-order valence-corrected chi connectivity index (χ1v) is 11.6. The average Bonchev–Trinajstić information content (AvgIpc) is 3.28. The Labute approximate surface area is 186 Å². The standard InChI is InChI=1S/C21H24ClN5O3S/c1-3-26(4-2)31(29,30)18-8-5-7-17(13-18)25-21(28)15-23-16-9-10-20(19(22)14-16)27-12-6-11-24-27/h5-14,23H,3-4,15H2,1-2H3,(H,25,28). The van der Waals surface area contributed by atoms with Crippen molar-refractivity contribution in [3.8, 4) is 5.69 Å². The molecule has 0 saturated heterocycles. The zero-order valence-corrected chi connectivity index (χ0v) is 18.8. The average molecular weight is 462 g/mol. The Morgan fingerprint density at radius 3 is 2.52 bits per heavy atom. The molecule has 0 aliphatic rings. The second-order valence-corrected chi connectivity index (χ2v) is 8.98. The zero-order chi connectivity index (χ0) is 22.4. The van der Waals surface area contributed by atoms with Gasteiger partial charge in [0.1, 0.15) is 0 Å². The highest BCUT2D eigenvalue weighted by Crippen LogP contribution is 2.24. The normalized spacial score (nSPS) is 11.5. The van der Waals surface area contributed by atoms with E-state index in [1.165, 1.54) is 16.4 Å².